The second-order valence-corrected chi connectivity index (χ2v) is 3.37. The number of nitrogens with zero attached hydrogens (tertiary/aromatic N) is 1. The fourth-order valence-corrected chi connectivity index (χ4v) is 1.07. The van der Waals surface area contributed by atoms with Gasteiger partial charge in [0.2, 0.25) is 11.9 Å². The van der Waals surface area contributed by atoms with Crippen LogP contribution in [0.1, 0.15) is 13.3 Å². The Bertz CT molecular complexity index is 248. The first-order valence-electron chi connectivity index (χ1n) is 5.89. The molecular formula is C10H23N5O3. The Balaban J connectivity index is 3.55. The minimum atomic E-state index is -0.489. The van der Waals surface area contributed by atoms with Gasteiger partial charge in [0.15, 0.2) is 0 Å². The second kappa shape index (κ2) is 12.1. The molecule has 1 amide bonds. The molecule has 0 spiro atoms. The monoisotopic (exact) mass is 261 g/mol. The fraction of sp³-hybridized carbons (Fsp3) is 0.800. The lowest BCUT2D eigenvalue weighted by Gasteiger charge is -2.09. The van der Waals surface area contributed by atoms with Crippen LogP contribution in [0.15, 0.2) is 4.99 Å². The van der Waals surface area contributed by atoms with E-state index in [4.69, 9.17) is 21.1 Å². The standard InChI is InChI=1S/C10H23N5O3/c1-2-17-6-3-4-13-10(15-12)14-5-7-18-8-9(11)16/h2-8,12H2,1H3,(H2,11,16)(H2,13,14,15). The van der Waals surface area contributed by atoms with E-state index in [0.717, 1.165) is 6.42 Å². The van der Waals surface area contributed by atoms with E-state index in [2.05, 4.69) is 15.7 Å². The summed E-state index contributed by atoms with van der Waals surface area (Å²) in [5.74, 6) is 5.28. The van der Waals surface area contributed by atoms with Crippen LogP contribution in [0.5, 0.6) is 0 Å². The topological polar surface area (TPSA) is 124 Å². The summed E-state index contributed by atoms with van der Waals surface area (Å²) in [4.78, 5) is 14.6. The van der Waals surface area contributed by atoms with Crippen molar-refractivity contribution in [3.8, 4) is 0 Å². The molecule has 0 aromatic rings. The maximum atomic E-state index is 10.4. The molecule has 0 heterocycles. The van der Waals surface area contributed by atoms with E-state index in [1.54, 1.807) is 0 Å². The molecule has 0 unspecified atom stereocenters. The first-order valence-corrected chi connectivity index (χ1v) is 5.89. The van der Waals surface area contributed by atoms with Gasteiger partial charge in [-0.15, -0.1) is 0 Å². The summed E-state index contributed by atoms with van der Waals surface area (Å²) >= 11 is 0. The summed E-state index contributed by atoms with van der Waals surface area (Å²) in [6.45, 7) is 4.71. The third kappa shape index (κ3) is 11.1. The van der Waals surface area contributed by atoms with Crippen molar-refractivity contribution in [2.24, 2.45) is 16.6 Å². The van der Waals surface area contributed by atoms with Gasteiger partial charge < -0.3 is 20.5 Å². The molecule has 0 aliphatic heterocycles. The average Bonchev–Trinajstić information content (AvgIpc) is 2.35. The SMILES string of the molecule is CCOCCCN=C(NN)NCCOCC(N)=O. The number of rotatable bonds is 10. The van der Waals surface area contributed by atoms with Gasteiger partial charge >= 0.3 is 0 Å². The normalized spacial score (nSPS) is 11.3. The first-order chi connectivity index (χ1) is 8.70. The highest BCUT2D eigenvalue weighted by Gasteiger charge is 1.96. The summed E-state index contributed by atoms with van der Waals surface area (Å²) < 4.78 is 10.1. The third-order valence-corrected chi connectivity index (χ3v) is 1.84. The van der Waals surface area contributed by atoms with Crippen molar-refractivity contribution in [3.05, 3.63) is 0 Å². The van der Waals surface area contributed by atoms with E-state index in [-0.39, 0.29) is 6.61 Å². The molecule has 6 N–H and O–H groups in total. The Morgan fingerprint density at radius 2 is 2.11 bits per heavy atom. The van der Waals surface area contributed by atoms with E-state index < -0.39 is 5.91 Å². The molecule has 0 radical (unpaired) electrons. The van der Waals surface area contributed by atoms with Gasteiger partial charge in [-0.1, -0.05) is 0 Å². The highest BCUT2D eigenvalue weighted by molar-refractivity contribution is 5.79. The number of nitrogens with one attached hydrogen (secondary N) is 2. The van der Waals surface area contributed by atoms with Crippen molar-refractivity contribution in [2.45, 2.75) is 13.3 Å². The number of aliphatic imine (C=N–C) groups is 1. The fourth-order valence-electron chi connectivity index (χ4n) is 1.07. The van der Waals surface area contributed by atoms with Crippen LogP contribution in [0.4, 0.5) is 0 Å². The number of amides is 1. The van der Waals surface area contributed by atoms with Crippen LogP contribution < -0.4 is 22.3 Å². The summed E-state index contributed by atoms with van der Waals surface area (Å²) in [7, 11) is 0. The number of nitrogens with two attached hydrogens (primary N) is 2. The zero-order valence-electron chi connectivity index (χ0n) is 10.8. The van der Waals surface area contributed by atoms with Gasteiger partial charge in [-0.3, -0.25) is 15.2 Å². The quantitative estimate of drug-likeness (QED) is 0.122. The maximum Gasteiger partial charge on any atom is 0.243 e. The predicted molar refractivity (Wildman–Crippen MR) is 68.8 cm³/mol. The molecule has 0 aliphatic carbocycles. The molecule has 0 saturated heterocycles. The predicted octanol–water partition coefficient (Wildman–Crippen LogP) is -1.68. The zero-order valence-corrected chi connectivity index (χ0v) is 10.8. The number of carbonyl (C=O) groups is 1. The molecule has 8 heteroatoms. The number of guanidine groups is 1. The van der Waals surface area contributed by atoms with Crippen molar-refractivity contribution in [2.75, 3.05) is 39.5 Å². The average molecular weight is 261 g/mol. The number of primary amides is 1. The Morgan fingerprint density at radius 1 is 1.33 bits per heavy atom. The van der Waals surface area contributed by atoms with Gasteiger partial charge in [0.1, 0.15) is 6.61 Å². The molecule has 0 aliphatic rings. The summed E-state index contributed by atoms with van der Waals surface area (Å²) in [5.41, 5.74) is 7.36. The van der Waals surface area contributed by atoms with Crippen molar-refractivity contribution in [1.82, 2.24) is 10.7 Å². The Labute approximate surface area is 107 Å². The minimum Gasteiger partial charge on any atom is -0.382 e. The number of hydrogen-bond acceptors (Lipinski definition) is 5. The Hall–Kier alpha value is -1.38. The van der Waals surface area contributed by atoms with Gasteiger partial charge in [-0.25, -0.2) is 5.84 Å². The van der Waals surface area contributed by atoms with Crippen molar-refractivity contribution < 1.29 is 14.3 Å². The molecule has 106 valence electrons. The zero-order chi connectivity index (χ0) is 13.6. The van der Waals surface area contributed by atoms with Gasteiger partial charge in [0.25, 0.3) is 0 Å². The van der Waals surface area contributed by atoms with Crippen LogP contribution in [0.3, 0.4) is 0 Å². The lowest BCUT2D eigenvalue weighted by molar-refractivity contribution is -0.122. The Morgan fingerprint density at radius 3 is 2.72 bits per heavy atom. The van der Waals surface area contributed by atoms with Gasteiger partial charge in [-0.05, 0) is 13.3 Å². The number of hydrogen-bond donors (Lipinski definition) is 4. The molecule has 0 bridgehead atoms. The summed E-state index contributed by atoms with van der Waals surface area (Å²) in [6, 6.07) is 0. The van der Waals surface area contributed by atoms with Gasteiger partial charge in [0, 0.05) is 26.3 Å². The number of carbonyl (C=O) groups excluding carboxylic acids is 1. The largest absolute Gasteiger partial charge is 0.382 e. The lowest BCUT2D eigenvalue weighted by Crippen LogP contribution is -2.43. The van der Waals surface area contributed by atoms with E-state index in [1.165, 1.54) is 0 Å². The van der Waals surface area contributed by atoms with E-state index in [0.29, 0.717) is 38.9 Å². The molecular weight excluding hydrogens is 238 g/mol. The third-order valence-electron chi connectivity index (χ3n) is 1.84. The number of ether oxygens (including phenoxy) is 2. The highest BCUT2D eigenvalue weighted by atomic mass is 16.5. The maximum absolute atomic E-state index is 10.4. The molecule has 0 fully saturated rings. The van der Waals surface area contributed by atoms with Crippen molar-refractivity contribution in [1.29, 1.82) is 0 Å². The second-order valence-electron chi connectivity index (χ2n) is 3.37. The van der Waals surface area contributed by atoms with E-state index in [1.807, 2.05) is 6.92 Å². The van der Waals surface area contributed by atoms with Crippen LogP contribution in [0.2, 0.25) is 0 Å². The molecule has 0 rings (SSSR count). The molecule has 0 aromatic heterocycles. The van der Waals surface area contributed by atoms with Crippen LogP contribution in [0, 0.1) is 0 Å². The Kier molecular flexibility index (Phi) is 11.2. The van der Waals surface area contributed by atoms with Crippen LogP contribution in [0.25, 0.3) is 0 Å². The lowest BCUT2D eigenvalue weighted by atomic mass is 10.4. The molecule has 0 saturated carbocycles. The minimum absolute atomic E-state index is 0.0848. The molecule has 18 heavy (non-hydrogen) atoms. The van der Waals surface area contributed by atoms with Gasteiger partial charge in [-0.2, -0.15) is 0 Å². The van der Waals surface area contributed by atoms with E-state index >= 15 is 0 Å². The molecule has 8 nitrogen and oxygen atoms in total. The molecule has 0 atom stereocenters. The summed E-state index contributed by atoms with van der Waals surface area (Å²) in [6.07, 6.45) is 0.832. The van der Waals surface area contributed by atoms with Crippen LogP contribution >= 0.6 is 0 Å². The highest BCUT2D eigenvalue weighted by Crippen LogP contribution is 1.84. The van der Waals surface area contributed by atoms with Crippen molar-refractivity contribution >= 4 is 11.9 Å². The van der Waals surface area contributed by atoms with E-state index in [9.17, 15) is 4.79 Å². The van der Waals surface area contributed by atoms with Crippen molar-refractivity contribution in [3.63, 3.8) is 0 Å². The smallest absolute Gasteiger partial charge is 0.243 e. The summed E-state index contributed by atoms with van der Waals surface area (Å²) in [5, 5.41) is 2.93. The number of hydrazine groups is 1. The molecule has 0 aromatic carbocycles. The van der Waals surface area contributed by atoms with Crippen LogP contribution in [-0.2, 0) is 14.3 Å². The van der Waals surface area contributed by atoms with Gasteiger partial charge in [0.05, 0.1) is 6.61 Å². The van der Waals surface area contributed by atoms with Crippen LogP contribution in [-0.4, -0.2) is 51.4 Å². The first kappa shape index (κ1) is 16.6.